The molecule has 0 atom stereocenters. The third kappa shape index (κ3) is 2.83. The van der Waals surface area contributed by atoms with E-state index in [1.807, 2.05) is 24.3 Å². The minimum atomic E-state index is 0.832. The van der Waals surface area contributed by atoms with Crippen molar-refractivity contribution in [3.63, 3.8) is 0 Å². The number of halogens is 2. The Morgan fingerprint density at radius 2 is 1.94 bits per heavy atom. The van der Waals surface area contributed by atoms with Crippen LogP contribution in [-0.2, 0) is 0 Å². The second kappa shape index (κ2) is 4.97. The number of aryl methyl sites for hydroxylation is 1. The van der Waals surface area contributed by atoms with E-state index in [4.69, 9.17) is 0 Å². The highest BCUT2D eigenvalue weighted by atomic mass is 79.9. The second-order valence-electron chi connectivity index (χ2n) is 3.45. The number of nitrogens with zero attached hydrogens (tertiary/aromatic N) is 1. The summed E-state index contributed by atoms with van der Waals surface area (Å²) in [5, 5.41) is 3.24. The number of pyridine rings is 1. The van der Waals surface area contributed by atoms with Crippen molar-refractivity contribution in [2.45, 2.75) is 6.92 Å². The van der Waals surface area contributed by atoms with E-state index in [2.05, 4.69) is 55.2 Å². The molecule has 0 unspecified atom stereocenters. The molecule has 0 aliphatic heterocycles. The van der Waals surface area contributed by atoms with Gasteiger partial charge in [0.1, 0.15) is 5.82 Å². The Balaban J connectivity index is 2.20. The van der Waals surface area contributed by atoms with Gasteiger partial charge in [-0.3, -0.25) is 0 Å². The van der Waals surface area contributed by atoms with Crippen LogP contribution >= 0.6 is 31.9 Å². The normalized spacial score (nSPS) is 10.2. The molecular formula is C12H10Br2N2. The molecule has 2 nitrogen and oxygen atoms in total. The fourth-order valence-corrected chi connectivity index (χ4v) is 1.88. The van der Waals surface area contributed by atoms with Gasteiger partial charge < -0.3 is 5.32 Å². The molecule has 1 aromatic carbocycles. The molecule has 0 aliphatic rings. The first-order valence-corrected chi connectivity index (χ1v) is 6.38. The molecule has 0 amide bonds. The Hall–Kier alpha value is -0.870. The summed E-state index contributed by atoms with van der Waals surface area (Å²) in [6.45, 7) is 2.06. The lowest BCUT2D eigenvalue weighted by Crippen LogP contribution is -1.93. The lowest BCUT2D eigenvalue weighted by Gasteiger charge is -2.07. The van der Waals surface area contributed by atoms with Gasteiger partial charge in [-0.05, 0) is 52.7 Å². The molecule has 0 radical (unpaired) electrons. The largest absolute Gasteiger partial charge is 0.340 e. The average molecular weight is 342 g/mol. The maximum Gasteiger partial charge on any atom is 0.130 e. The van der Waals surface area contributed by atoms with E-state index in [1.54, 1.807) is 6.20 Å². The molecule has 1 aromatic heterocycles. The number of anilines is 2. The lowest BCUT2D eigenvalue weighted by atomic mass is 10.2. The van der Waals surface area contributed by atoms with Gasteiger partial charge in [0, 0.05) is 20.8 Å². The van der Waals surface area contributed by atoms with Crippen molar-refractivity contribution in [1.29, 1.82) is 0 Å². The molecule has 0 bridgehead atoms. The quantitative estimate of drug-likeness (QED) is 0.859. The Kier molecular flexibility index (Phi) is 3.61. The van der Waals surface area contributed by atoms with Gasteiger partial charge in [0.15, 0.2) is 0 Å². The minimum Gasteiger partial charge on any atom is -0.340 e. The van der Waals surface area contributed by atoms with Gasteiger partial charge >= 0.3 is 0 Å². The number of nitrogens with one attached hydrogen (secondary N) is 1. The minimum absolute atomic E-state index is 0.832. The number of benzene rings is 1. The standard InChI is InChI=1S/C12H10Br2N2/c1-8-2-4-10(6-11(8)14)16-12-5-3-9(13)7-15-12/h2-7H,1H3,(H,15,16). The summed E-state index contributed by atoms with van der Waals surface area (Å²) < 4.78 is 2.07. The molecule has 0 aliphatic carbocycles. The third-order valence-corrected chi connectivity index (χ3v) is 3.50. The molecule has 16 heavy (non-hydrogen) atoms. The summed E-state index contributed by atoms with van der Waals surface area (Å²) in [5.74, 6) is 0.832. The fraction of sp³-hybridized carbons (Fsp3) is 0.0833. The molecule has 0 saturated carbocycles. The van der Waals surface area contributed by atoms with Crippen LogP contribution in [0.5, 0.6) is 0 Å². The zero-order chi connectivity index (χ0) is 11.5. The van der Waals surface area contributed by atoms with Crippen LogP contribution in [0.15, 0.2) is 45.5 Å². The number of hydrogen-bond donors (Lipinski definition) is 1. The van der Waals surface area contributed by atoms with Crippen molar-refractivity contribution in [2.24, 2.45) is 0 Å². The van der Waals surface area contributed by atoms with Crippen LogP contribution in [0.2, 0.25) is 0 Å². The van der Waals surface area contributed by atoms with Gasteiger partial charge in [0.05, 0.1) is 0 Å². The topological polar surface area (TPSA) is 24.9 Å². The van der Waals surface area contributed by atoms with E-state index in [9.17, 15) is 0 Å². The molecule has 1 N–H and O–H groups in total. The van der Waals surface area contributed by atoms with Crippen LogP contribution < -0.4 is 5.32 Å². The molecule has 0 saturated heterocycles. The fourth-order valence-electron chi connectivity index (χ4n) is 1.27. The van der Waals surface area contributed by atoms with Gasteiger partial charge in [-0.1, -0.05) is 22.0 Å². The average Bonchev–Trinajstić information content (AvgIpc) is 2.27. The van der Waals surface area contributed by atoms with Crippen LogP contribution in [0.4, 0.5) is 11.5 Å². The predicted molar refractivity (Wildman–Crippen MR) is 74.1 cm³/mol. The number of aromatic nitrogens is 1. The second-order valence-corrected chi connectivity index (χ2v) is 5.22. The van der Waals surface area contributed by atoms with Crippen LogP contribution in [0.3, 0.4) is 0 Å². The van der Waals surface area contributed by atoms with Gasteiger partial charge in [-0.15, -0.1) is 0 Å². The molecule has 1 heterocycles. The maximum absolute atomic E-state index is 4.25. The van der Waals surface area contributed by atoms with Crippen molar-refractivity contribution in [2.75, 3.05) is 5.32 Å². The van der Waals surface area contributed by atoms with E-state index in [1.165, 1.54) is 5.56 Å². The zero-order valence-corrected chi connectivity index (χ0v) is 11.8. The lowest BCUT2D eigenvalue weighted by molar-refractivity contribution is 1.29. The van der Waals surface area contributed by atoms with Gasteiger partial charge in [0.25, 0.3) is 0 Å². The van der Waals surface area contributed by atoms with Gasteiger partial charge in [0.2, 0.25) is 0 Å². The van der Waals surface area contributed by atoms with Crippen LogP contribution in [-0.4, -0.2) is 4.98 Å². The third-order valence-electron chi connectivity index (χ3n) is 2.17. The molecule has 82 valence electrons. The van der Waals surface area contributed by atoms with Crippen molar-refractivity contribution >= 4 is 43.4 Å². The summed E-state index contributed by atoms with van der Waals surface area (Å²) in [4.78, 5) is 4.25. The molecular weight excluding hydrogens is 332 g/mol. The highest BCUT2D eigenvalue weighted by molar-refractivity contribution is 9.10. The summed E-state index contributed by atoms with van der Waals surface area (Å²) in [5.41, 5.74) is 2.24. The van der Waals surface area contributed by atoms with Crippen molar-refractivity contribution in [3.8, 4) is 0 Å². The Morgan fingerprint density at radius 1 is 1.12 bits per heavy atom. The zero-order valence-electron chi connectivity index (χ0n) is 8.67. The van der Waals surface area contributed by atoms with E-state index in [-0.39, 0.29) is 0 Å². The Bertz CT molecular complexity index is 495. The first kappa shape index (κ1) is 11.6. The van der Waals surface area contributed by atoms with E-state index in [0.717, 1.165) is 20.5 Å². The first-order chi connectivity index (χ1) is 7.65. The van der Waals surface area contributed by atoms with Gasteiger partial charge in [-0.25, -0.2) is 4.98 Å². The summed E-state index contributed by atoms with van der Waals surface area (Å²) in [6, 6.07) is 10.0. The first-order valence-electron chi connectivity index (χ1n) is 4.80. The molecule has 4 heteroatoms. The Morgan fingerprint density at radius 3 is 2.56 bits per heavy atom. The number of hydrogen-bond acceptors (Lipinski definition) is 2. The van der Waals surface area contributed by atoms with E-state index < -0.39 is 0 Å². The summed E-state index contributed by atoms with van der Waals surface area (Å²) in [6.07, 6.45) is 1.77. The van der Waals surface area contributed by atoms with Crippen molar-refractivity contribution < 1.29 is 0 Å². The predicted octanol–water partition coefficient (Wildman–Crippen LogP) is 4.66. The van der Waals surface area contributed by atoms with Gasteiger partial charge in [-0.2, -0.15) is 0 Å². The Labute approximate surface area is 111 Å². The smallest absolute Gasteiger partial charge is 0.130 e. The molecule has 2 rings (SSSR count). The highest BCUT2D eigenvalue weighted by Crippen LogP contribution is 2.23. The van der Waals surface area contributed by atoms with Crippen LogP contribution in [0.25, 0.3) is 0 Å². The van der Waals surface area contributed by atoms with Crippen LogP contribution in [0, 0.1) is 6.92 Å². The maximum atomic E-state index is 4.25. The SMILES string of the molecule is Cc1ccc(Nc2ccc(Br)cn2)cc1Br. The van der Waals surface area contributed by atoms with E-state index >= 15 is 0 Å². The summed E-state index contributed by atoms with van der Waals surface area (Å²) in [7, 11) is 0. The van der Waals surface area contributed by atoms with E-state index in [0.29, 0.717) is 0 Å². The summed E-state index contributed by atoms with van der Waals surface area (Å²) >= 11 is 6.86. The molecule has 0 fully saturated rings. The van der Waals surface area contributed by atoms with Crippen molar-refractivity contribution in [1.82, 2.24) is 4.98 Å². The van der Waals surface area contributed by atoms with Crippen molar-refractivity contribution in [3.05, 3.63) is 51.0 Å². The molecule has 0 spiro atoms. The monoisotopic (exact) mass is 340 g/mol. The van der Waals surface area contributed by atoms with Crippen LogP contribution in [0.1, 0.15) is 5.56 Å². The molecule has 2 aromatic rings. The number of rotatable bonds is 2. The highest BCUT2D eigenvalue weighted by Gasteiger charge is 1.99.